The smallest absolute Gasteiger partial charge is 0.320 e. The lowest BCUT2D eigenvalue weighted by molar-refractivity contribution is 0.155. The highest BCUT2D eigenvalue weighted by molar-refractivity contribution is 5.88. The number of urea groups is 1. The average molecular weight is 348 g/mol. The first kappa shape index (κ1) is 18.9. The van der Waals surface area contributed by atoms with Crippen LogP contribution in [0.15, 0.2) is 30.3 Å². The minimum atomic E-state index is -0.774. The van der Waals surface area contributed by atoms with E-state index in [9.17, 15) is 14.3 Å². The molecule has 0 saturated heterocycles. The van der Waals surface area contributed by atoms with Crippen molar-refractivity contribution in [3.63, 3.8) is 0 Å². The van der Waals surface area contributed by atoms with Gasteiger partial charge in [0.1, 0.15) is 11.6 Å². The van der Waals surface area contributed by atoms with Gasteiger partial charge in [0.2, 0.25) is 0 Å². The Hall–Kier alpha value is -2.41. The minimum Gasteiger partial charge on any atom is -0.388 e. The second-order valence-corrected chi connectivity index (χ2v) is 6.20. The van der Waals surface area contributed by atoms with Gasteiger partial charge in [-0.15, -0.1) is 0 Å². The van der Waals surface area contributed by atoms with Crippen molar-refractivity contribution in [2.45, 2.75) is 45.3 Å². The van der Waals surface area contributed by atoms with E-state index in [2.05, 4.69) is 22.7 Å². The van der Waals surface area contributed by atoms with Gasteiger partial charge < -0.3 is 10.4 Å². The predicted molar refractivity (Wildman–Crippen MR) is 94.8 cm³/mol. The molecule has 1 heterocycles. The maximum atomic E-state index is 12.9. The van der Waals surface area contributed by atoms with Crippen molar-refractivity contribution in [3.05, 3.63) is 47.4 Å². The van der Waals surface area contributed by atoms with Crippen LogP contribution in [0.3, 0.4) is 0 Å². The van der Waals surface area contributed by atoms with Gasteiger partial charge in [-0.05, 0) is 37.5 Å². The number of aryl methyl sites for hydroxylation is 2. The minimum absolute atomic E-state index is 0.261. The van der Waals surface area contributed by atoms with Gasteiger partial charge in [-0.25, -0.2) is 9.18 Å². The number of carbonyl (C=O) groups excluding carboxylic acids is 1. The van der Waals surface area contributed by atoms with Crippen molar-refractivity contribution >= 4 is 11.8 Å². The third-order valence-electron chi connectivity index (χ3n) is 3.89. The summed E-state index contributed by atoms with van der Waals surface area (Å²) in [5.74, 6) is 0.271. The van der Waals surface area contributed by atoms with E-state index in [1.807, 2.05) is 6.07 Å². The average Bonchev–Trinajstić information content (AvgIpc) is 2.87. The summed E-state index contributed by atoms with van der Waals surface area (Å²) >= 11 is 0. The summed E-state index contributed by atoms with van der Waals surface area (Å²) in [6, 6.07) is 6.92. The van der Waals surface area contributed by atoms with E-state index in [0.717, 1.165) is 18.5 Å². The van der Waals surface area contributed by atoms with Crippen LogP contribution >= 0.6 is 0 Å². The van der Waals surface area contributed by atoms with Crippen LogP contribution in [-0.2, 0) is 13.5 Å². The number of aromatic nitrogens is 2. The number of rotatable bonds is 7. The molecule has 0 aliphatic heterocycles. The third-order valence-corrected chi connectivity index (χ3v) is 3.89. The Morgan fingerprint density at radius 2 is 2.04 bits per heavy atom. The summed E-state index contributed by atoms with van der Waals surface area (Å²) in [6.07, 6.45) is 1.40. The van der Waals surface area contributed by atoms with Gasteiger partial charge >= 0.3 is 6.03 Å². The second-order valence-electron chi connectivity index (χ2n) is 6.20. The highest BCUT2D eigenvalue weighted by Gasteiger charge is 2.15. The Kier molecular flexibility index (Phi) is 6.52. The van der Waals surface area contributed by atoms with Gasteiger partial charge in [0.05, 0.1) is 11.8 Å². The molecule has 0 saturated carbocycles. The highest BCUT2D eigenvalue weighted by Crippen LogP contribution is 2.18. The molecule has 2 rings (SSSR count). The largest absolute Gasteiger partial charge is 0.388 e. The molecule has 1 aromatic heterocycles. The second kappa shape index (κ2) is 8.62. The molecule has 2 atom stereocenters. The van der Waals surface area contributed by atoms with E-state index in [4.69, 9.17) is 0 Å². The maximum absolute atomic E-state index is 12.9. The number of hydrogen-bond donors (Lipinski definition) is 3. The van der Waals surface area contributed by atoms with Gasteiger partial charge in [0.25, 0.3) is 0 Å². The van der Waals surface area contributed by atoms with Crippen LogP contribution in [0, 0.1) is 5.82 Å². The molecule has 2 aromatic rings. The number of amides is 2. The van der Waals surface area contributed by atoms with Gasteiger partial charge in [-0.3, -0.25) is 10.00 Å². The lowest BCUT2D eigenvalue weighted by atomic mass is 10.0. The summed E-state index contributed by atoms with van der Waals surface area (Å²) in [5.41, 5.74) is 1.55. The quantitative estimate of drug-likeness (QED) is 0.719. The summed E-state index contributed by atoms with van der Waals surface area (Å²) in [4.78, 5) is 12.1. The zero-order valence-corrected chi connectivity index (χ0v) is 14.8. The molecule has 7 heteroatoms. The number of nitrogens with zero attached hydrogens (tertiary/aromatic N) is 2. The number of carbonyl (C=O) groups is 1. The number of hydrogen-bond acceptors (Lipinski definition) is 3. The van der Waals surface area contributed by atoms with Crippen molar-refractivity contribution in [3.8, 4) is 0 Å². The van der Waals surface area contributed by atoms with E-state index in [1.54, 1.807) is 18.7 Å². The molecule has 0 spiro atoms. The lowest BCUT2D eigenvalue weighted by Gasteiger charge is -2.18. The molecular formula is C18H25FN4O2. The normalized spacial score (nSPS) is 13.3. The SMILES string of the molecule is CCCc1cc(NC(=O)NC(C)CC(O)c2ccc(F)cc2)n(C)n1. The summed E-state index contributed by atoms with van der Waals surface area (Å²) in [6.45, 7) is 3.88. The summed E-state index contributed by atoms with van der Waals surface area (Å²) in [5, 5.41) is 20.1. The first-order valence-electron chi connectivity index (χ1n) is 8.43. The van der Waals surface area contributed by atoms with Crippen molar-refractivity contribution in [2.24, 2.45) is 7.05 Å². The Morgan fingerprint density at radius 1 is 1.36 bits per heavy atom. The number of benzene rings is 1. The number of aliphatic hydroxyl groups excluding tert-OH is 1. The Morgan fingerprint density at radius 3 is 2.68 bits per heavy atom. The number of anilines is 1. The molecular weight excluding hydrogens is 323 g/mol. The number of aliphatic hydroxyl groups is 1. The van der Waals surface area contributed by atoms with Crippen molar-refractivity contribution in [1.82, 2.24) is 15.1 Å². The van der Waals surface area contributed by atoms with Crippen LogP contribution < -0.4 is 10.6 Å². The molecule has 0 aliphatic carbocycles. The Bertz CT molecular complexity index is 700. The van der Waals surface area contributed by atoms with Gasteiger partial charge in [0, 0.05) is 19.2 Å². The van der Waals surface area contributed by atoms with E-state index in [1.165, 1.54) is 24.3 Å². The maximum Gasteiger partial charge on any atom is 0.320 e. The highest BCUT2D eigenvalue weighted by atomic mass is 19.1. The fourth-order valence-electron chi connectivity index (χ4n) is 2.61. The third kappa shape index (κ3) is 5.56. The van der Waals surface area contributed by atoms with Gasteiger partial charge in [-0.2, -0.15) is 5.10 Å². The number of halogens is 1. The fraction of sp³-hybridized carbons (Fsp3) is 0.444. The van der Waals surface area contributed by atoms with Crippen molar-refractivity contribution in [2.75, 3.05) is 5.32 Å². The fourth-order valence-corrected chi connectivity index (χ4v) is 2.61. The standard InChI is InChI=1S/C18H25FN4O2/c1-4-5-15-11-17(23(3)22-15)21-18(25)20-12(2)10-16(24)13-6-8-14(19)9-7-13/h6-9,11-12,16,24H,4-5,10H2,1-3H3,(H2,20,21,25). The lowest BCUT2D eigenvalue weighted by Crippen LogP contribution is -2.37. The van der Waals surface area contributed by atoms with Crippen molar-refractivity contribution < 1.29 is 14.3 Å². The molecule has 25 heavy (non-hydrogen) atoms. The zero-order valence-electron chi connectivity index (χ0n) is 14.8. The summed E-state index contributed by atoms with van der Waals surface area (Å²) < 4.78 is 14.5. The summed E-state index contributed by atoms with van der Waals surface area (Å²) in [7, 11) is 1.77. The van der Waals surface area contributed by atoms with E-state index >= 15 is 0 Å². The predicted octanol–water partition coefficient (Wildman–Crippen LogP) is 3.15. The molecule has 0 radical (unpaired) electrons. The van der Waals surface area contributed by atoms with E-state index in [0.29, 0.717) is 17.8 Å². The van der Waals surface area contributed by atoms with E-state index < -0.39 is 6.10 Å². The molecule has 3 N–H and O–H groups in total. The number of nitrogens with one attached hydrogen (secondary N) is 2. The van der Waals surface area contributed by atoms with Crippen LogP contribution in [0.2, 0.25) is 0 Å². The van der Waals surface area contributed by atoms with Gasteiger partial charge in [-0.1, -0.05) is 25.5 Å². The van der Waals surface area contributed by atoms with Crippen LogP contribution in [0.1, 0.15) is 44.1 Å². The van der Waals surface area contributed by atoms with E-state index in [-0.39, 0.29) is 17.9 Å². The molecule has 0 bridgehead atoms. The molecule has 2 unspecified atom stereocenters. The first-order valence-corrected chi connectivity index (χ1v) is 8.43. The molecule has 6 nitrogen and oxygen atoms in total. The Labute approximate surface area is 147 Å². The van der Waals surface area contributed by atoms with Crippen LogP contribution in [0.4, 0.5) is 15.0 Å². The van der Waals surface area contributed by atoms with Crippen molar-refractivity contribution in [1.29, 1.82) is 0 Å². The van der Waals surface area contributed by atoms with Crippen LogP contribution in [-0.4, -0.2) is 27.0 Å². The Balaban J connectivity index is 1.86. The monoisotopic (exact) mass is 348 g/mol. The van der Waals surface area contributed by atoms with Crippen LogP contribution in [0.25, 0.3) is 0 Å². The molecule has 0 fully saturated rings. The molecule has 1 aromatic carbocycles. The molecule has 0 aliphatic rings. The first-order chi connectivity index (χ1) is 11.9. The van der Waals surface area contributed by atoms with Crippen LogP contribution in [0.5, 0.6) is 0 Å². The van der Waals surface area contributed by atoms with Gasteiger partial charge in [0.15, 0.2) is 0 Å². The topological polar surface area (TPSA) is 79.2 Å². The zero-order chi connectivity index (χ0) is 18.4. The molecule has 2 amide bonds. The molecule has 136 valence electrons.